The van der Waals surface area contributed by atoms with Crippen molar-refractivity contribution in [1.29, 1.82) is 0 Å². The summed E-state index contributed by atoms with van der Waals surface area (Å²) in [6.07, 6.45) is 0.708. The second-order valence-electron chi connectivity index (χ2n) is 2.27. The van der Waals surface area contributed by atoms with Crippen LogP contribution in [0.25, 0.3) is 0 Å². The van der Waals surface area contributed by atoms with Crippen molar-refractivity contribution < 1.29 is 18.8 Å². The molecule has 0 aliphatic carbocycles. The normalized spacial score (nSPS) is 9.57. The van der Waals surface area contributed by atoms with E-state index in [2.05, 4.69) is 9.72 Å². The van der Waals surface area contributed by atoms with E-state index in [1.807, 2.05) is 0 Å². The van der Waals surface area contributed by atoms with E-state index >= 15 is 0 Å². The molecule has 0 aromatic carbocycles. The molecule has 0 radical (unpaired) electrons. The van der Waals surface area contributed by atoms with Crippen molar-refractivity contribution in [3.63, 3.8) is 0 Å². The number of pyridine rings is 1. The second kappa shape index (κ2) is 3.77. The molecule has 7 heteroatoms. The number of carbonyl (C=O) groups excluding carboxylic acids is 1. The fourth-order valence-electron chi connectivity index (χ4n) is 0.822. The molecule has 1 heterocycles. The van der Waals surface area contributed by atoms with Crippen molar-refractivity contribution in [1.82, 2.24) is 4.98 Å². The fourth-order valence-corrected chi connectivity index (χ4v) is 0.822. The highest BCUT2D eigenvalue weighted by molar-refractivity contribution is 5.91. The van der Waals surface area contributed by atoms with Gasteiger partial charge in [0, 0.05) is 0 Å². The van der Waals surface area contributed by atoms with Gasteiger partial charge < -0.3 is 4.74 Å². The fraction of sp³-hybridized carbons (Fsp3) is 0.143. The van der Waals surface area contributed by atoms with Gasteiger partial charge >= 0.3 is 11.7 Å². The SMILES string of the molecule is COC(=O)c1ncc(F)cc1[N+](=O)[O-]. The van der Waals surface area contributed by atoms with Gasteiger partial charge in [-0.15, -0.1) is 0 Å². The van der Waals surface area contributed by atoms with Crippen molar-refractivity contribution in [3.05, 3.63) is 33.9 Å². The zero-order valence-corrected chi connectivity index (χ0v) is 7.06. The number of halogens is 1. The summed E-state index contributed by atoms with van der Waals surface area (Å²) in [7, 11) is 1.05. The lowest BCUT2D eigenvalue weighted by Gasteiger charge is -1.99. The van der Waals surface area contributed by atoms with E-state index < -0.39 is 28.1 Å². The number of ether oxygens (including phenoxy) is 1. The van der Waals surface area contributed by atoms with Crippen LogP contribution in [0.1, 0.15) is 10.5 Å². The number of aromatic nitrogens is 1. The summed E-state index contributed by atoms with van der Waals surface area (Å²) in [5, 5.41) is 10.4. The van der Waals surface area contributed by atoms with E-state index in [0.29, 0.717) is 12.3 Å². The molecule has 0 amide bonds. The zero-order chi connectivity index (χ0) is 10.7. The third-order valence-electron chi connectivity index (χ3n) is 1.41. The van der Waals surface area contributed by atoms with Gasteiger partial charge in [0.15, 0.2) is 0 Å². The lowest BCUT2D eigenvalue weighted by molar-refractivity contribution is -0.385. The highest BCUT2D eigenvalue weighted by atomic mass is 19.1. The number of nitrogens with zero attached hydrogens (tertiary/aromatic N) is 2. The second-order valence-corrected chi connectivity index (χ2v) is 2.27. The van der Waals surface area contributed by atoms with E-state index in [1.165, 1.54) is 0 Å². The third kappa shape index (κ3) is 1.82. The van der Waals surface area contributed by atoms with Crippen molar-refractivity contribution >= 4 is 11.7 Å². The van der Waals surface area contributed by atoms with Crippen LogP contribution in [0.3, 0.4) is 0 Å². The van der Waals surface area contributed by atoms with Gasteiger partial charge in [-0.05, 0) is 0 Å². The molecule has 0 aliphatic heterocycles. The maximum absolute atomic E-state index is 12.6. The number of methoxy groups -OCH3 is 1. The van der Waals surface area contributed by atoms with Crippen molar-refractivity contribution in [2.24, 2.45) is 0 Å². The van der Waals surface area contributed by atoms with Crippen LogP contribution >= 0.6 is 0 Å². The van der Waals surface area contributed by atoms with Crippen LogP contribution < -0.4 is 0 Å². The maximum Gasteiger partial charge on any atom is 0.363 e. The predicted octanol–water partition coefficient (Wildman–Crippen LogP) is 0.915. The number of carbonyl (C=O) groups is 1. The summed E-state index contributed by atoms with van der Waals surface area (Å²) in [5.74, 6) is -1.86. The van der Waals surface area contributed by atoms with E-state index in [9.17, 15) is 19.3 Å². The van der Waals surface area contributed by atoms with Crippen LogP contribution in [-0.2, 0) is 4.74 Å². The minimum absolute atomic E-state index is 0.515. The topological polar surface area (TPSA) is 82.3 Å². The average molecular weight is 200 g/mol. The first-order valence-electron chi connectivity index (χ1n) is 3.44. The quantitative estimate of drug-likeness (QED) is 0.402. The predicted molar refractivity (Wildman–Crippen MR) is 42.2 cm³/mol. The Morgan fingerprint density at radius 2 is 2.36 bits per heavy atom. The van der Waals surface area contributed by atoms with Crippen molar-refractivity contribution in [2.45, 2.75) is 0 Å². The van der Waals surface area contributed by atoms with Gasteiger partial charge in [0.05, 0.1) is 24.3 Å². The molecular formula is C7H5FN2O4. The maximum atomic E-state index is 12.6. The van der Waals surface area contributed by atoms with E-state index in [0.717, 1.165) is 7.11 Å². The van der Waals surface area contributed by atoms with Gasteiger partial charge in [-0.3, -0.25) is 10.1 Å². The largest absolute Gasteiger partial charge is 0.464 e. The summed E-state index contributed by atoms with van der Waals surface area (Å²) in [5.41, 5.74) is -1.23. The number of hydrogen-bond donors (Lipinski definition) is 0. The Morgan fingerprint density at radius 1 is 1.71 bits per heavy atom. The Kier molecular flexibility index (Phi) is 2.70. The molecule has 74 valence electrons. The Bertz CT molecular complexity index is 393. The molecule has 0 spiro atoms. The molecule has 0 atom stereocenters. The van der Waals surface area contributed by atoms with E-state index in [4.69, 9.17) is 0 Å². The Balaban J connectivity index is 3.28. The van der Waals surface area contributed by atoms with Crippen LogP contribution in [0.5, 0.6) is 0 Å². The van der Waals surface area contributed by atoms with Crippen LogP contribution in [0, 0.1) is 15.9 Å². The first-order chi connectivity index (χ1) is 6.56. The van der Waals surface area contributed by atoms with E-state index in [1.54, 1.807) is 0 Å². The smallest absolute Gasteiger partial charge is 0.363 e. The first-order valence-corrected chi connectivity index (χ1v) is 3.44. The van der Waals surface area contributed by atoms with Crippen LogP contribution in [0.15, 0.2) is 12.3 Å². The zero-order valence-electron chi connectivity index (χ0n) is 7.06. The average Bonchev–Trinajstić information content (AvgIpc) is 2.16. The summed E-state index contributed by atoms with van der Waals surface area (Å²) in [4.78, 5) is 23.7. The van der Waals surface area contributed by atoms with Crippen LogP contribution in [-0.4, -0.2) is 23.0 Å². The van der Waals surface area contributed by atoms with Gasteiger partial charge in [0.1, 0.15) is 5.82 Å². The highest BCUT2D eigenvalue weighted by Gasteiger charge is 2.23. The molecule has 14 heavy (non-hydrogen) atoms. The molecule has 0 aliphatic rings. The minimum Gasteiger partial charge on any atom is -0.464 e. The van der Waals surface area contributed by atoms with Gasteiger partial charge in [0.2, 0.25) is 5.69 Å². The van der Waals surface area contributed by atoms with Crippen LogP contribution in [0.2, 0.25) is 0 Å². The molecule has 1 aromatic heterocycles. The highest BCUT2D eigenvalue weighted by Crippen LogP contribution is 2.17. The Hall–Kier alpha value is -2.05. The summed E-state index contributed by atoms with van der Waals surface area (Å²) in [6.45, 7) is 0. The molecule has 0 bridgehead atoms. The minimum atomic E-state index is -0.975. The molecule has 6 nitrogen and oxygen atoms in total. The van der Waals surface area contributed by atoms with E-state index in [-0.39, 0.29) is 0 Å². The summed E-state index contributed by atoms with van der Waals surface area (Å²) < 4.78 is 16.8. The molecule has 0 saturated carbocycles. The number of rotatable bonds is 2. The summed E-state index contributed by atoms with van der Waals surface area (Å²) in [6, 6.07) is 0.610. The molecule has 1 rings (SSSR count). The molecular weight excluding hydrogens is 195 g/mol. The molecule has 1 aromatic rings. The standard InChI is InChI=1S/C7H5FN2O4/c1-14-7(11)6-5(10(12)13)2-4(8)3-9-6/h2-3H,1H3. The lowest BCUT2D eigenvalue weighted by atomic mass is 10.3. The molecule has 0 fully saturated rings. The lowest BCUT2D eigenvalue weighted by Crippen LogP contribution is -2.08. The summed E-state index contributed by atoms with van der Waals surface area (Å²) >= 11 is 0. The molecule has 0 N–H and O–H groups in total. The van der Waals surface area contributed by atoms with Crippen molar-refractivity contribution in [3.8, 4) is 0 Å². The Labute approximate surface area is 77.5 Å². The molecule has 0 saturated heterocycles. The Morgan fingerprint density at radius 3 is 2.86 bits per heavy atom. The van der Waals surface area contributed by atoms with Crippen molar-refractivity contribution in [2.75, 3.05) is 7.11 Å². The third-order valence-corrected chi connectivity index (χ3v) is 1.41. The van der Waals surface area contributed by atoms with Gasteiger partial charge in [-0.2, -0.15) is 0 Å². The van der Waals surface area contributed by atoms with Gasteiger partial charge in [-0.1, -0.05) is 0 Å². The number of esters is 1. The monoisotopic (exact) mass is 200 g/mol. The molecule has 0 unspecified atom stereocenters. The number of nitro groups is 1. The number of hydrogen-bond acceptors (Lipinski definition) is 5. The van der Waals surface area contributed by atoms with Crippen LogP contribution in [0.4, 0.5) is 10.1 Å². The van der Waals surface area contributed by atoms with Gasteiger partial charge in [-0.25, -0.2) is 14.2 Å². The van der Waals surface area contributed by atoms with Gasteiger partial charge in [0.25, 0.3) is 0 Å². The first kappa shape index (κ1) is 10.0.